The van der Waals surface area contributed by atoms with Gasteiger partial charge in [-0.05, 0) is 6.92 Å². The van der Waals surface area contributed by atoms with Gasteiger partial charge in [-0.25, -0.2) is 16.8 Å². The fourth-order valence-corrected chi connectivity index (χ4v) is 3.75. The molecule has 15 heavy (non-hydrogen) atoms. The van der Waals surface area contributed by atoms with Crippen LogP contribution >= 0.6 is 0 Å². The monoisotopic (exact) mass is 259 g/mol. The van der Waals surface area contributed by atoms with Crippen LogP contribution in [0.25, 0.3) is 0 Å². The van der Waals surface area contributed by atoms with Crippen molar-refractivity contribution in [3.8, 4) is 0 Å². The molecule has 0 aliphatic heterocycles. The molecule has 6 nitrogen and oxygen atoms in total. The summed E-state index contributed by atoms with van der Waals surface area (Å²) in [5.41, 5.74) is 0. The zero-order chi connectivity index (χ0) is 12.3. The molecule has 0 aromatic heterocycles. The summed E-state index contributed by atoms with van der Waals surface area (Å²) in [4.78, 5) is 0. The maximum Gasteiger partial charge on any atom is 0.215 e. The molecule has 0 aliphatic rings. The number of likely N-dealkylation sites (N-methyl/N-ethyl adjacent to an activating group) is 1. The van der Waals surface area contributed by atoms with Crippen LogP contribution in [0.1, 0.15) is 6.92 Å². The predicted molar refractivity (Wildman–Crippen MR) is 57.8 cm³/mol. The number of hydrogen-bond acceptors (Lipinski definition) is 5. The Labute approximate surface area is 90.9 Å². The molecule has 1 N–H and O–H groups in total. The van der Waals surface area contributed by atoms with Crippen LogP contribution in [0.3, 0.4) is 0 Å². The van der Waals surface area contributed by atoms with E-state index < -0.39 is 37.4 Å². The van der Waals surface area contributed by atoms with Crippen LogP contribution < -0.4 is 0 Å². The van der Waals surface area contributed by atoms with E-state index in [1.807, 2.05) is 0 Å². The van der Waals surface area contributed by atoms with Gasteiger partial charge in [0, 0.05) is 19.3 Å². The Morgan fingerprint density at radius 2 is 1.67 bits per heavy atom. The van der Waals surface area contributed by atoms with Crippen LogP contribution in [-0.2, 0) is 19.9 Å². The number of aliphatic hydroxyl groups excluding tert-OH is 1. The molecule has 0 rings (SSSR count). The van der Waals surface area contributed by atoms with Gasteiger partial charge in [-0.2, -0.15) is 4.31 Å². The van der Waals surface area contributed by atoms with Crippen molar-refractivity contribution in [2.75, 3.05) is 31.4 Å². The van der Waals surface area contributed by atoms with E-state index in [9.17, 15) is 16.8 Å². The van der Waals surface area contributed by atoms with E-state index in [-0.39, 0.29) is 6.61 Å². The molecule has 92 valence electrons. The molecular formula is C7H17NO5S2. The third kappa shape index (κ3) is 5.45. The number of sulfone groups is 1. The van der Waals surface area contributed by atoms with E-state index in [0.717, 1.165) is 10.6 Å². The lowest BCUT2D eigenvalue weighted by molar-refractivity contribution is 0.214. The first kappa shape index (κ1) is 14.8. The van der Waals surface area contributed by atoms with Gasteiger partial charge in [-0.1, -0.05) is 0 Å². The van der Waals surface area contributed by atoms with Gasteiger partial charge in [0.15, 0.2) is 0 Å². The van der Waals surface area contributed by atoms with Gasteiger partial charge in [0.05, 0.1) is 18.1 Å². The molecule has 0 aliphatic carbocycles. The lowest BCUT2D eigenvalue weighted by Gasteiger charge is -2.22. The first-order chi connectivity index (χ1) is 6.60. The summed E-state index contributed by atoms with van der Waals surface area (Å²) in [6, 6.07) is -0.547. The van der Waals surface area contributed by atoms with E-state index in [0.29, 0.717) is 0 Å². The van der Waals surface area contributed by atoms with E-state index in [2.05, 4.69) is 0 Å². The molecule has 0 aromatic rings. The van der Waals surface area contributed by atoms with Gasteiger partial charge >= 0.3 is 0 Å². The number of aliphatic hydroxyl groups is 1. The number of hydrogen-bond donors (Lipinski definition) is 1. The van der Waals surface area contributed by atoms with Crippen LogP contribution in [0, 0.1) is 0 Å². The Kier molecular flexibility index (Phi) is 5.18. The number of rotatable bonds is 6. The molecule has 0 radical (unpaired) electrons. The van der Waals surface area contributed by atoms with E-state index >= 15 is 0 Å². The Balaban J connectivity index is 4.57. The van der Waals surface area contributed by atoms with Crippen molar-refractivity contribution in [3.05, 3.63) is 0 Å². The predicted octanol–water partition coefficient (Wildman–Crippen LogP) is -1.33. The van der Waals surface area contributed by atoms with Crippen LogP contribution in [0.5, 0.6) is 0 Å². The summed E-state index contributed by atoms with van der Waals surface area (Å²) in [7, 11) is -5.58. The Morgan fingerprint density at radius 3 is 2.00 bits per heavy atom. The number of nitrogens with zero attached hydrogens (tertiary/aromatic N) is 1. The summed E-state index contributed by atoms with van der Waals surface area (Å²) < 4.78 is 45.7. The summed E-state index contributed by atoms with van der Waals surface area (Å²) in [6.07, 6.45) is 0.984. The molecule has 0 saturated heterocycles. The third-order valence-corrected chi connectivity index (χ3v) is 5.20. The molecule has 8 heteroatoms. The second-order valence-electron chi connectivity index (χ2n) is 3.49. The second-order valence-corrected chi connectivity index (χ2v) is 7.90. The van der Waals surface area contributed by atoms with Gasteiger partial charge < -0.3 is 5.11 Å². The van der Waals surface area contributed by atoms with Crippen LogP contribution in [0.15, 0.2) is 0 Å². The lowest BCUT2D eigenvalue weighted by atomic mass is 10.4. The average molecular weight is 259 g/mol. The molecule has 0 amide bonds. The maximum atomic E-state index is 11.5. The van der Waals surface area contributed by atoms with Crippen LogP contribution in [0.2, 0.25) is 0 Å². The average Bonchev–Trinajstić information content (AvgIpc) is 2.11. The van der Waals surface area contributed by atoms with E-state index in [1.54, 1.807) is 0 Å². The Bertz CT molecular complexity index is 386. The fraction of sp³-hybridized carbons (Fsp3) is 1.00. The van der Waals surface area contributed by atoms with Gasteiger partial charge in [0.25, 0.3) is 0 Å². The van der Waals surface area contributed by atoms with Gasteiger partial charge in [0.2, 0.25) is 10.0 Å². The van der Waals surface area contributed by atoms with Gasteiger partial charge in [-0.15, -0.1) is 0 Å². The fourth-order valence-electron chi connectivity index (χ4n) is 0.790. The quantitative estimate of drug-likeness (QED) is 0.638. The Hall–Kier alpha value is -0.180. The minimum atomic E-state index is -3.61. The minimum absolute atomic E-state index is 0.297. The molecule has 0 saturated carbocycles. The summed E-state index contributed by atoms with van der Waals surface area (Å²) >= 11 is 0. The molecule has 1 atom stereocenters. The molecule has 0 spiro atoms. The smallest absolute Gasteiger partial charge is 0.215 e. The second kappa shape index (κ2) is 5.24. The summed E-state index contributed by atoms with van der Waals surface area (Å²) in [5, 5.41) is 8.77. The Morgan fingerprint density at radius 1 is 1.20 bits per heavy atom. The normalized spacial score (nSPS) is 15.5. The van der Waals surface area contributed by atoms with Crippen molar-refractivity contribution in [1.29, 1.82) is 0 Å². The van der Waals surface area contributed by atoms with Crippen molar-refractivity contribution in [1.82, 2.24) is 4.31 Å². The highest BCUT2D eigenvalue weighted by Gasteiger charge is 2.23. The van der Waals surface area contributed by atoms with Crippen molar-refractivity contribution >= 4 is 19.9 Å². The van der Waals surface area contributed by atoms with Crippen LogP contribution in [-0.4, -0.2) is 63.7 Å². The highest BCUT2D eigenvalue weighted by molar-refractivity contribution is 7.93. The highest BCUT2D eigenvalue weighted by atomic mass is 32.2. The van der Waals surface area contributed by atoms with Gasteiger partial charge in [-0.3, -0.25) is 0 Å². The molecule has 0 heterocycles. The van der Waals surface area contributed by atoms with E-state index in [4.69, 9.17) is 5.11 Å². The van der Waals surface area contributed by atoms with Crippen LogP contribution in [0.4, 0.5) is 0 Å². The highest BCUT2D eigenvalue weighted by Crippen LogP contribution is 2.04. The minimum Gasteiger partial charge on any atom is -0.395 e. The first-order valence-electron chi connectivity index (χ1n) is 4.34. The lowest BCUT2D eigenvalue weighted by Crippen LogP contribution is -2.39. The molecule has 1 unspecified atom stereocenters. The molecule has 0 bridgehead atoms. The SMILES string of the molecule is CC(CO)N(C)S(=O)(=O)CCS(C)(=O)=O. The third-order valence-electron chi connectivity index (χ3n) is 2.04. The summed E-state index contributed by atoms with van der Waals surface area (Å²) in [6.45, 7) is 1.24. The number of sulfonamides is 1. The zero-order valence-corrected chi connectivity index (χ0v) is 10.7. The molecule has 0 fully saturated rings. The van der Waals surface area contributed by atoms with Crippen molar-refractivity contribution in [2.45, 2.75) is 13.0 Å². The first-order valence-corrected chi connectivity index (χ1v) is 8.01. The van der Waals surface area contributed by atoms with Crippen molar-refractivity contribution in [3.63, 3.8) is 0 Å². The van der Waals surface area contributed by atoms with E-state index in [1.165, 1.54) is 14.0 Å². The largest absolute Gasteiger partial charge is 0.395 e. The van der Waals surface area contributed by atoms with Gasteiger partial charge in [0.1, 0.15) is 9.84 Å². The van der Waals surface area contributed by atoms with Crippen molar-refractivity contribution in [2.24, 2.45) is 0 Å². The molecule has 0 aromatic carbocycles. The summed E-state index contributed by atoms with van der Waals surface area (Å²) in [5.74, 6) is -0.857. The van der Waals surface area contributed by atoms with Crippen molar-refractivity contribution < 1.29 is 21.9 Å². The molecular weight excluding hydrogens is 242 g/mol. The topological polar surface area (TPSA) is 91.8 Å². The standard InChI is InChI=1S/C7H17NO5S2/c1-7(6-9)8(2)15(12,13)5-4-14(3,10)11/h7,9H,4-6H2,1-3H3. The zero-order valence-electron chi connectivity index (χ0n) is 9.04. The maximum absolute atomic E-state index is 11.5.